The van der Waals surface area contributed by atoms with Crippen molar-refractivity contribution in [3.05, 3.63) is 53.5 Å². The highest BCUT2D eigenvalue weighted by molar-refractivity contribution is 5.74. The zero-order valence-electron chi connectivity index (χ0n) is 10.9. The highest BCUT2D eigenvalue weighted by atomic mass is 15.0. The zero-order chi connectivity index (χ0) is 13.2. The number of aromatic amines is 1. The van der Waals surface area contributed by atoms with Crippen molar-refractivity contribution in [3.63, 3.8) is 0 Å². The molecule has 1 aromatic carbocycles. The molecule has 0 bridgehead atoms. The van der Waals surface area contributed by atoms with Gasteiger partial charge in [-0.1, -0.05) is 18.2 Å². The van der Waals surface area contributed by atoms with E-state index < -0.39 is 0 Å². The molecular formula is C15H16N4. The van der Waals surface area contributed by atoms with Gasteiger partial charge < -0.3 is 10.7 Å². The Bertz CT molecular complexity index is 715. The van der Waals surface area contributed by atoms with Crippen LogP contribution in [0, 0.1) is 6.92 Å². The largest absolute Gasteiger partial charge is 0.399 e. The molecule has 3 N–H and O–H groups in total. The van der Waals surface area contributed by atoms with Gasteiger partial charge in [-0.2, -0.15) is 0 Å². The Hall–Kier alpha value is -2.36. The number of nitrogens with one attached hydrogen (secondary N) is 1. The number of anilines is 1. The number of imidazole rings is 1. The number of H-pyrrole nitrogens is 1. The van der Waals surface area contributed by atoms with Crippen LogP contribution in [0.2, 0.25) is 0 Å². The van der Waals surface area contributed by atoms with Gasteiger partial charge in [-0.3, -0.25) is 0 Å². The molecule has 19 heavy (non-hydrogen) atoms. The first-order valence-electron chi connectivity index (χ1n) is 6.37. The number of rotatable bonds is 3. The number of fused-ring (bicyclic) bond motifs is 1. The molecule has 3 aromatic rings. The fourth-order valence-electron chi connectivity index (χ4n) is 2.22. The Morgan fingerprint density at radius 1 is 1.16 bits per heavy atom. The first kappa shape index (κ1) is 11.7. The second-order valence-electron chi connectivity index (χ2n) is 4.71. The molecule has 3 rings (SSSR count). The Morgan fingerprint density at radius 2 is 2.00 bits per heavy atom. The van der Waals surface area contributed by atoms with Gasteiger partial charge in [0, 0.05) is 18.3 Å². The van der Waals surface area contributed by atoms with Crippen LogP contribution in [0.3, 0.4) is 0 Å². The molecule has 0 fully saturated rings. The van der Waals surface area contributed by atoms with Gasteiger partial charge >= 0.3 is 0 Å². The van der Waals surface area contributed by atoms with E-state index in [1.165, 1.54) is 5.56 Å². The normalized spacial score (nSPS) is 11.0. The number of aryl methyl sites for hydroxylation is 3. The summed E-state index contributed by atoms with van der Waals surface area (Å²) in [6, 6.07) is 9.93. The molecule has 2 heterocycles. The monoisotopic (exact) mass is 252 g/mol. The van der Waals surface area contributed by atoms with E-state index in [1.54, 1.807) is 6.20 Å². The van der Waals surface area contributed by atoms with E-state index in [0.29, 0.717) is 0 Å². The molecule has 0 unspecified atom stereocenters. The Labute approximate surface area is 111 Å². The van der Waals surface area contributed by atoms with Crippen LogP contribution < -0.4 is 5.73 Å². The average Bonchev–Trinajstić information content (AvgIpc) is 2.82. The highest BCUT2D eigenvalue weighted by Gasteiger charge is 2.06. The fourth-order valence-corrected chi connectivity index (χ4v) is 2.22. The molecule has 4 nitrogen and oxygen atoms in total. The summed E-state index contributed by atoms with van der Waals surface area (Å²) in [5.41, 5.74) is 10.9. The van der Waals surface area contributed by atoms with Crippen molar-refractivity contribution in [2.45, 2.75) is 19.8 Å². The maximum absolute atomic E-state index is 5.94. The van der Waals surface area contributed by atoms with Crippen molar-refractivity contribution >= 4 is 16.9 Å². The Kier molecular flexibility index (Phi) is 2.91. The minimum absolute atomic E-state index is 0.788. The van der Waals surface area contributed by atoms with Gasteiger partial charge in [0.15, 0.2) is 5.65 Å². The van der Waals surface area contributed by atoms with Crippen molar-refractivity contribution < 1.29 is 0 Å². The summed E-state index contributed by atoms with van der Waals surface area (Å²) < 4.78 is 0. The molecule has 2 aromatic heterocycles. The average molecular weight is 252 g/mol. The van der Waals surface area contributed by atoms with E-state index in [9.17, 15) is 0 Å². The van der Waals surface area contributed by atoms with Gasteiger partial charge in [0.25, 0.3) is 0 Å². The summed E-state index contributed by atoms with van der Waals surface area (Å²) in [6.07, 6.45) is 3.51. The van der Waals surface area contributed by atoms with Crippen LogP contribution in [0.25, 0.3) is 11.2 Å². The number of nitrogens with zero attached hydrogens (tertiary/aromatic N) is 2. The maximum Gasteiger partial charge on any atom is 0.177 e. The van der Waals surface area contributed by atoms with E-state index in [1.807, 2.05) is 24.3 Å². The molecule has 4 heteroatoms. The quantitative estimate of drug-likeness (QED) is 0.704. The van der Waals surface area contributed by atoms with E-state index in [0.717, 1.165) is 41.1 Å². The van der Waals surface area contributed by atoms with E-state index in [-0.39, 0.29) is 0 Å². The van der Waals surface area contributed by atoms with Crippen LogP contribution in [0.4, 0.5) is 5.69 Å². The standard InChI is InChI=1S/C15H16N4/c1-10-8-9-17-15-14(10)18-13(19-15)7-6-11-4-2-3-5-12(11)16/h2-5,8-9H,6-7,16H2,1H3,(H,17,18,19). The lowest BCUT2D eigenvalue weighted by molar-refractivity contribution is 0.890. The maximum atomic E-state index is 5.94. The van der Waals surface area contributed by atoms with E-state index >= 15 is 0 Å². The van der Waals surface area contributed by atoms with Gasteiger partial charge in [0.1, 0.15) is 5.82 Å². The van der Waals surface area contributed by atoms with Crippen molar-refractivity contribution in [3.8, 4) is 0 Å². The molecular weight excluding hydrogens is 236 g/mol. The molecule has 0 radical (unpaired) electrons. The summed E-state index contributed by atoms with van der Waals surface area (Å²) in [5, 5.41) is 0. The van der Waals surface area contributed by atoms with Crippen LogP contribution in [0.1, 0.15) is 17.0 Å². The first-order valence-corrected chi connectivity index (χ1v) is 6.37. The molecule has 0 aliphatic carbocycles. The number of benzene rings is 1. The summed E-state index contributed by atoms with van der Waals surface area (Å²) in [4.78, 5) is 12.1. The topological polar surface area (TPSA) is 67.6 Å². The van der Waals surface area contributed by atoms with Crippen LogP contribution in [0.15, 0.2) is 36.5 Å². The number of nitrogen functional groups attached to an aromatic ring is 1. The van der Waals surface area contributed by atoms with Crippen LogP contribution in [-0.4, -0.2) is 15.0 Å². The number of nitrogens with two attached hydrogens (primary N) is 1. The molecule has 0 amide bonds. The van der Waals surface area contributed by atoms with Crippen LogP contribution in [0.5, 0.6) is 0 Å². The first-order chi connectivity index (χ1) is 9.24. The fraction of sp³-hybridized carbons (Fsp3) is 0.200. The van der Waals surface area contributed by atoms with Gasteiger partial charge in [-0.25, -0.2) is 9.97 Å². The molecule has 0 saturated heterocycles. The summed E-state index contributed by atoms with van der Waals surface area (Å²) in [7, 11) is 0. The highest BCUT2D eigenvalue weighted by Crippen LogP contribution is 2.16. The number of pyridine rings is 1. The Morgan fingerprint density at radius 3 is 2.79 bits per heavy atom. The second-order valence-corrected chi connectivity index (χ2v) is 4.71. The van der Waals surface area contributed by atoms with E-state index in [4.69, 9.17) is 5.73 Å². The summed E-state index contributed by atoms with van der Waals surface area (Å²) in [6.45, 7) is 2.06. The van der Waals surface area contributed by atoms with Crippen molar-refractivity contribution in [2.24, 2.45) is 0 Å². The SMILES string of the molecule is Cc1ccnc2nc(CCc3ccccc3N)[nH]c12. The van der Waals surface area contributed by atoms with Crippen molar-refractivity contribution in [1.82, 2.24) is 15.0 Å². The minimum Gasteiger partial charge on any atom is -0.399 e. The zero-order valence-corrected chi connectivity index (χ0v) is 10.9. The third-order valence-corrected chi connectivity index (χ3v) is 3.34. The van der Waals surface area contributed by atoms with Gasteiger partial charge in [0.2, 0.25) is 0 Å². The molecule has 0 atom stereocenters. The number of para-hydroxylation sites is 1. The number of hydrogen-bond donors (Lipinski definition) is 2. The van der Waals surface area contributed by atoms with Gasteiger partial charge in [-0.15, -0.1) is 0 Å². The van der Waals surface area contributed by atoms with Crippen molar-refractivity contribution in [2.75, 3.05) is 5.73 Å². The minimum atomic E-state index is 0.788. The number of hydrogen-bond acceptors (Lipinski definition) is 3. The Balaban J connectivity index is 1.83. The van der Waals surface area contributed by atoms with Crippen LogP contribution >= 0.6 is 0 Å². The van der Waals surface area contributed by atoms with E-state index in [2.05, 4.69) is 27.9 Å². The smallest absolute Gasteiger partial charge is 0.177 e. The third kappa shape index (κ3) is 2.29. The van der Waals surface area contributed by atoms with Crippen LogP contribution in [-0.2, 0) is 12.8 Å². The lowest BCUT2D eigenvalue weighted by atomic mass is 10.1. The molecule has 96 valence electrons. The predicted molar refractivity (Wildman–Crippen MR) is 76.9 cm³/mol. The molecule has 0 spiro atoms. The number of aromatic nitrogens is 3. The summed E-state index contributed by atoms with van der Waals surface area (Å²) in [5.74, 6) is 0.958. The lowest BCUT2D eigenvalue weighted by Crippen LogP contribution is -1.97. The van der Waals surface area contributed by atoms with Crippen molar-refractivity contribution in [1.29, 1.82) is 0 Å². The third-order valence-electron chi connectivity index (χ3n) is 3.34. The molecule has 0 aliphatic heterocycles. The van der Waals surface area contributed by atoms with Gasteiger partial charge in [0.05, 0.1) is 5.52 Å². The second kappa shape index (κ2) is 4.72. The molecule has 0 saturated carbocycles. The molecule has 0 aliphatic rings. The predicted octanol–water partition coefficient (Wildman–Crippen LogP) is 2.63. The van der Waals surface area contributed by atoms with Gasteiger partial charge in [-0.05, 0) is 36.6 Å². The lowest BCUT2D eigenvalue weighted by Gasteiger charge is -2.03. The summed E-state index contributed by atoms with van der Waals surface area (Å²) >= 11 is 0.